The summed E-state index contributed by atoms with van der Waals surface area (Å²) in [4.78, 5) is 11.3. The number of hydrogen-bond acceptors (Lipinski definition) is 3. The standard InChI is InChI=1S/C25H48O2S/c1-2-3-4-5-6-7-8-9-10-11-12-13-14-15-16-17-18-19-20-21-22-25(26)27-23-24-28/h12-13,28H,2-11,14-24H2,1H3/b13-12+. The molecule has 0 aliphatic carbocycles. The SMILES string of the molecule is CCCCCCCCCCC/C=C/CCCCCCCCCC(=O)OCCS. The van der Waals surface area contributed by atoms with Gasteiger partial charge in [0.05, 0.1) is 0 Å². The van der Waals surface area contributed by atoms with Crippen molar-refractivity contribution in [2.75, 3.05) is 12.4 Å². The van der Waals surface area contributed by atoms with Gasteiger partial charge in [0, 0.05) is 12.2 Å². The molecule has 0 heterocycles. The monoisotopic (exact) mass is 412 g/mol. The van der Waals surface area contributed by atoms with Crippen molar-refractivity contribution in [3.8, 4) is 0 Å². The molecule has 28 heavy (non-hydrogen) atoms. The molecule has 166 valence electrons. The Bertz CT molecular complexity index is 341. The molecule has 3 heteroatoms. The maximum absolute atomic E-state index is 11.3. The van der Waals surface area contributed by atoms with Gasteiger partial charge in [-0.3, -0.25) is 4.79 Å². The fraction of sp³-hybridized carbons (Fsp3) is 0.880. The molecule has 0 unspecified atom stereocenters. The van der Waals surface area contributed by atoms with E-state index >= 15 is 0 Å². The van der Waals surface area contributed by atoms with E-state index in [1.807, 2.05) is 0 Å². The van der Waals surface area contributed by atoms with E-state index in [0.29, 0.717) is 18.8 Å². The normalized spacial score (nSPS) is 11.4. The number of rotatable bonds is 22. The number of thiol groups is 1. The molecule has 0 fully saturated rings. The van der Waals surface area contributed by atoms with Gasteiger partial charge in [-0.05, 0) is 32.1 Å². The minimum absolute atomic E-state index is 0.0664. The summed E-state index contributed by atoms with van der Waals surface area (Å²) in [6.45, 7) is 2.72. The van der Waals surface area contributed by atoms with Crippen LogP contribution in [0.25, 0.3) is 0 Å². The first-order valence-electron chi connectivity index (χ1n) is 12.2. The van der Waals surface area contributed by atoms with E-state index in [1.165, 1.54) is 103 Å². The summed E-state index contributed by atoms with van der Waals surface area (Å²) in [5, 5.41) is 0. The minimum atomic E-state index is -0.0664. The van der Waals surface area contributed by atoms with Crippen LogP contribution < -0.4 is 0 Å². The molecule has 0 aromatic rings. The highest BCUT2D eigenvalue weighted by atomic mass is 32.1. The summed E-state index contributed by atoms with van der Waals surface area (Å²) in [5.41, 5.74) is 0. The highest BCUT2D eigenvalue weighted by molar-refractivity contribution is 7.80. The van der Waals surface area contributed by atoms with Gasteiger partial charge in [-0.2, -0.15) is 12.6 Å². The van der Waals surface area contributed by atoms with Gasteiger partial charge < -0.3 is 4.74 Å². The fourth-order valence-corrected chi connectivity index (χ4v) is 3.55. The molecule has 0 spiro atoms. The van der Waals surface area contributed by atoms with Gasteiger partial charge in [-0.25, -0.2) is 0 Å². The Morgan fingerprint density at radius 2 is 1.11 bits per heavy atom. The van der Waals surface area contributed by atoms with E-state index in [2.05, 4.69) is 31.7 Å². The molecule has 0 saturated heterocycles. The molecule has 0 amide bonds. The van der Waals surface area contributed by atoms with Crippen LogP contribution in [0.2, 0.25) is 0 Å². The van der Waals surface area contributed by atoms with Gasteiger partial charge >= 0.3 is 5.97 Å². The zero-order chi connectivity index (χ0) is 20.5. The van der Waals surface area contributed by atoms with E-state index < -0.39 is 0 Å². The van der Waals surface area contributed by atoms with Crippen molar-refractivity contribution in [2.45, 2.75) is 129 Å². The smallest absolute Gasteiger partial charge is 0.305 e. The lowest BCUT2D eigenvalue weighted by Gasteiger charge is -2.03. The van der Waals surface area contributed by atoms with Gasteiger partial charge in [0.15, 0.2) is 0 Å². The lowest BCUT2D eigenvalue weighted by molar-refractivity contribution is -0.143. The van der Waals surface area contributed by atoms with Crippen LogP contribution in [0.1, 0.15) is 129 Å². The van der Waals surface area contributed by atoms with Crippen molar-refractivity contribution in [3.05, 3.63) is 12.2 Å². The fourth-order valence-electron chi connectivity index (χ4n) is 3.46. The molecule has 0 aliphatic heterocycles. The highest BCUT2D eigenvalue weighted by Crippen LogP contribution is 2.12. The average Bonchev–Trinajstić information content (AvgIpc) is 2.70. The van der Waals surface area contributed by atoms with Gasteiger partial charge in [-0.1, -0.05) is 103 Å². The molecule has 2 nitrogen and oxygen atoms in total. The van der Waals surface area contributed by atoms with Crippen LogP contribution in [0.5, 0.6) is 0 Å². The Morgan fingerprint density at radius 3 is 1.57 bits per heavy atom. The van der Waals surface area contributed by atoms with Crippen molar-refractivity contribution in [2.24, 2.45) is 0 Å². The number of ether oxygens (including phenoxy) is 1. The molecule has 0 aromatic heterocycles. The second-order valence-corrected chi connectivity index (χ2v) is 8.49. The third-order valence-electron chi connectivity index (χ3n) is 5.25. The molecule has 0 rings (SSSR count). The molecule has 0 aliphatic rings. The number of carbonyl (C=O) groups is 1. The van der Waals surface area contributed by atoms with Gasteiger partial charge in [0.1, 0.15) is 6.61 Å². The Morgan fingerprint density at radius 1 is 0.679 bits per heavy atom. The Labute approximate surface area is 181 Å². The first kappa shape index (κ1) is 27.6. The van der Waals surface area contributed by atoms with E-state index in [0.717, 1.165) is 12.8 Å². The van der Waals surface area contributed by atoms with E-state index in [1.54, 1.807) is 0 Å². The molecule has 0 N–H and O–H groups in total. The predicted molar refractivity (Wildman–Crippen MR) is 127 cm³/mol. The second kappa shape index (κ2) is 24.6. The zero-order valence-corrected chi connectivity index (χ0v) is 19.7. The molecular formula is C25H48O2S. The van der Waals surface area contributed by atoms with Crippen LogP contribution in [0.3, 0.4) is 0 Å². The number of esters is 1. The average molecular weight is 413 g/mol. The summed E-state index contributed by atoms with van der Waals surface area (Å²) in [6.07, 6.45) is 29.3. The minimum Gasteiger partial charge on any atom is -0.465 e. The van der Waals surface area contributed by atoms with Crippen molar-refractivity contribution in [3.63, 3.8) is 0 Å². The van der Waals surface area contributed by atoms with Gasteiger partial charge in [0.25, 0.3) is 0 Å². The Kier molecular flexibility index (Phi) is 24.2. The van der Waals surface area contributed by atoms with Gasteiger partial charge in [-0.15, -0.1) is 0 Å². The van der Waals surface area contributed by atoms with E-state index in [4.69, 9.17) is 4.74 Å². The number of carbonyl (C=O) groups excluding carboxylic acids is 1. The zero-order valence-electron chi connectivity index (χ0n) is 18.8. The molecule has 0 aromatic carbocycles. The lowest BCUT2D eigenvalue weighted by Crippen LogP contribution is -2.06. The third kappa shape index (κ3) is 23.6. The van der Waals surface area contributed by atoms with Crippen LogP contribution in [-0.4, -0.2) is 18.3 Å². The highest BCUT2D eigenvalue weighted by Gasteiger charge is 2.01. The van der Waals surface area contributed by atoms with Crippen LogP contribution in [-0.2, 0) is 9.53 Å². The second-order valence-electron chi connectivity index (χ2n) is 8.05. The molecule has 0 bridgehead atoms. The summed E-state index contributed by atoms with van der Waals surface area (Å²) in [6, 6.07) is 0. The van der Waals surface area contributed by atoms with Crippen molar-refractivity contribution in [1.29, 1.82) is 0 Å². The van der Waals surface area contributed by atoms with Crippen LogP contribution >= 0.6 is 12.6 Å². The summed E-state index contributed by atoms with van der Waals surface area (Å²) >= 11 is 4.03. The predicted octanol–water partition coefficient (Wildman–Crippen LogP) is 8.45. The van der Waals surface area contributed by atoms with Crippen LogP contribution in [0.4, 0.5) is 0 Å². The molecule has 0 saturated carbocycles. The van der Waals surface area contributed by atoms with E-state index in [-0.39, 0.29) is 5.97 Å². The summed E-state index contributed by atoms with van der Waals surface area (Å²) in [5.74, 6) is 0.545. The topological polar surface area (TPSA) is 26.3 Å². The maximum Gasteiger partial charge on any atom is 0.305 e. The first-order valence-corrected chi connectivity index (χ1v) is 12.9. The summed E-state index contributed by atoms with van der Waals surface area (Å²) < 4.78 is 5.01. The van der Waals surface area contributed by atoms with E-state index in [9.17, 15) is 4.79 Å². The number of allylic oxidation sites excluding steroid dienone is 2. The molecule has 0 atom stereocenters. The summed E-state index contributed by atoms with van der Waals surface area (Å²) in [7, 11) is 0. The van der Waals surface area contributed by atoms with Crippen molar-refractivity contribution < 1.29 is 9.53 Å². The van der Waals surface area contributed by atoms with Crippen LogP contribution in [0.15, 0.2) is 12.2 Å². The Hall–Kier alpha value is -0.440. The quantitative estimate of drug-likeness (QED) is 0.0835. The van der Waals surface area contributed by atoms with Crippen molar-refractivity contribution in [1.82, 2.24) is 0 Å². The largest absolute Gasteiger partial charge is 0.465 e. The third-order valence-corrected chi connectivity index (χ3v) is 5.43. The number of unbranched alkanes of at least 4 members (excludes halogenated alkanes) is 16. The maximum atomic E-state index is 11.3. The van der Waals surface area contributed by atoms with Crippen molar-refractivity contribution >= 4 is 18.6 Å². The molecular weight excluding hydrogens is 364 g/mol. The molecule has 0 radical (unpaired) electrons. The van der Waals surface area contributed by atoms with Crippen LogP contribution in [0, 0.1) is 0 Å². The first-order chi connectivity index (χ1) is 13.8. The lowest BCUT2D eigenvalue weighted by atomic mass is 10.1. The van der Waals surface area contributed by atoms with Gasteiger partial charge in [0.2, 0.25) is 0 Å². The Balaban J connectivity index is 3.13. The number of hydrogen-bond donors (Lipinski definition) is 1.